The molecule has 1 aliphatic carbocycles. The summed E-state index contributed by atoms with van der Waals surface area (Å²) in [5.74, 6) is -2.30. The van der Waals surface area contributed by atoms with Gasteiger partial charge in [-0.2, -0.15) is 0 Å². The van der Waals surface area contributed by atoms with Gasteiger partial charge in [-0.1, -0.05) is 12.8 Å². The first-order valence-corrected chi connectivity index (χ1v) is 10.4. The summed E-state index contributed by atoms with van der Waals surface area (Å²) in [5, 5.41) is 5.40. The first-order chi connectivity index (χ1) is 14.7. The van der Waals surface area contributed by atoms with Crippen LogP contribution in [-0.4, -0.2) is 34.2 Å². The fourth-order valence-electron chi connectivity index (χ4n) is 3.79. The van der Waals surface area contributed by atoms with Gasteiger partial charge in [0.15, 0.2) is 6.04 Å². The van der Waals surface area contributed by atoms with Crippen LogP contribution in [0.3, 0.4) is 0 Å². The maximum Gasteiger partial charge on any atom is 0.313 e. The second-order valence-corrected chi connectivity index (χ2v) is 8.77. The molecule has 3 amide bonds. The van der Waals surface area contributed by atoms with E-state index < -0.39 is 35.1 Å². The molecule has 1 atom stereocenters. The van der Waals surface area contributed by atoms with E-state index in [2.05, 4.69) is 10.6 Å². The smallest absolute Gasteiger partial charge is 0.313 e. The first-order valence-electron chi connectivity index (χ1n) is 10.4. The highest BCUT2D eigenvalue weighted by Crippen LogP contribution is 2.32. The minimum Gasteiger partial charge on any atom is -0.467 e. The molecule has 1 aliphatic rings. The van der Waals surface area contributed by atoms with E-state index in [0.717, 1.165) is 12.8 Å². The van der Waals surface area contributed by atoms with Crippen molar-refractivity contribution in [3.63, 3.8) is 0 Å². The van der Waals surface area contributed by atoms with Gasteiger partial charge in [-0.3, -0.25) is 14.4 Å². The minimum absolute atomic E-state index is 0.271. The van der Waals surface area contributed by atoms with Gasteiger partial charge in [-0.15, -0.1) is 0 Å². The van der Waals surface area contributed by atoms with Crippen LogP contribution in [0.1, 0.15) is 58.3 Å². The Kier molecular flexibility index (Phi) is 6.77. The molecule has 7 nitrogen and oxygen atoms in total. The van der Waals surface area contributed by atoms with E-state index in [1.807, 2.05) is 20.8 Å². The molecular formula is C23H28FN3O4. The van der Waals surface area contributed by atoms with Gasteiger partial charge in [0, 0.05) is 17.3 Å². The maximum atomic E-state index is 13.3. The SMILES string of the molecule is CC(C)(C)NC(=O)C(c1ccco1)N(C(=O)C(=O)Nc1ccc(F)cc1)C1CCCC1. The summed E-state index contributed by atoms with van der Waals surface area (Å²) < 4.78 is 18.7. The van der Waals surface area contributed by atoms with E-state index in [1.165, 1.54) is 35.4 Å². The molecule has 31 heavy (non-hydrogen) atoms. The lowest BCUT2D eigenvalue weighted by Crippen LogP contribution is -2.53. The van der Waals surface area contributed by atoms with Gasteiger partial charge in [0.05, 0.1) is 6.26 Å². The Morgan fingerprint density at radius 3 is 2.29 bits per heavy atom. The second kappa shape index (κ2) is 9.32. The van der Waals surface area contributed by atoms with Crippen molar-refractivity contribution in [2.24, 2.45) is 0 Å². The fourth-order valence-corrected chi connectivity index (χ4v) is 3.79. The second-order valence-electron chi connectivity index (χ2n) is 8.77. The van der Waals surface area contributed by atoms with Gasteiger partial charge in [0.2, 0.25) is 0 Å². The van der Waals surface area contributed by atoms with Crippen molar-refractivity contribution in [2.75, 3.05) is 5.32 Å². The van der Waals surface area contributed by atoms with Crippen LogP contribution >= 0.6 is 0 Å². The molecule has 1 unspecified atom stereocenters. The number of hydrogen-bond donors (Lipinski definition) is 2. The van der Waals surface area contributed by atoms with Crippen molar-refractivity contribution in [1.82, 2.24) is 10.2 Å². The van der Waals surface area contributed by atoms with Crippen LogP contribution in [0.5, 0.6) is 0 Å². The third-order valence-corrected chi connectivity index (χ3v) is 5.09. The molecule has 0 saturated heterocycles. The van der Waals surface area contributed by atoms with Crippen LogP contribution in [0.15, 0.2) is 47.1 Å². The fraction of sp³-hybridized carbons (Fsp3) is 0.435. The van der Waals surface area contributed by atoms with Crippen LogP contribution in [0.25, 0.3) is 0 Å². The standard InChI is InChI=1S/C23H28FN3O4/c1-23(2,3)26-20(28)19(18-9-6-14-31-18)27(17-7-4-5-8-17)22(30)21(29)25-16-12-10-15(24)11-13-16/h6,9-14,17,19H,4-5,7-8H2,1-3H3,(H,25,29)(H,26,28). The molecule has 1 heterocycles. The predicted octanol–water partition coefficient (Wildman–Crippen LogP) is 3.78. The highest BCUT2D eigenvalue weighted by molar-refractivity contribution is 6.40. The predicted molar refractivity (Wildman–Crippen MR) is 113 cm³/mol. The monoisotopic (exact) mass is 429 g/mol. The minimum atomic E-state index is -1.08. The van der Waals surface area contributed by atoms with Crippen LogP contribution in [0, 0.1) is 5.82 Å². The zero-order valence-corrected chi connectivity index (χ0v) is 18.0. The third kappa shape index (κ3) is 5.71. The van der Waals surface area contributed by atoms with Gasteiger partial charge >= 0.3 is 11.8 Å². The summed E-state index contributed by atoms with van der Waals surface area (Å²) in [7, 11) is 0. The molecular weight excluding hydrogens is 401 g/mol. The third-order valence-electron chi connectivity index (χ3n) is 5.09. The average molecular weight is 429 g/mol. The lowest BCUT2D eigenvalue weighted by Gasteiger charge is -2.35. The van der Waals surface area contributed by atoms with Crippen LogP contribution < -0.4 is 10.6 Å². The van der Waals surface area contributed by atoms with Gasteiger partial charge in [-0.25, -0.2) is 4.39 Å². The normalized spacial score (nSPS) is 15.4. The van der Waals surface area contributed by atoms with Crippen LogP contribution in [-0.2, 0) is 14.4 Å². The number of nitrogens with zero attached hydrogens (tertiary/aromatic N) is 1. The number of halogens is 1. The van der Waals surface area contributed by atoms with Gasteiger partial charge in [0.25, 0.3) is 5.91 Å². The van der Waals surface area contributed by atoms with E-state index in [9.17, 15) is 18.8 Å². The first kappa shape index (κ1) is 22.5. The number of carbonyl (C=O) groups excluding carboxylic acids is 3. The quantitative estimate of drug-likeness (QED) is 0.708. The molecule has 0 bridgehead atoms. The van der Waals surface area contributed by atoms with E-state index in [1.54, 1.807) is 12.1 Å². The molecule has 1 aromatic heterocycles. The summed E-state index contributed by atoms with van der Waals surface area (Å²) in [6.45, 7) is 5.52. The zero-order valence-electron chi connectivity index (χ0n) is 18.0. The summed E-state index contributed by atoms with van der Waals surface area (Å²) in [6.07, 6.45) is 4.62. The van der Waals surface area contributed by atoms with E-state index in [0.29, 0.717) is 18.5 Å². The topological polar surface area (TPSA) is 91.7 Å². The van der Waals surface area contributed by atoms with Crippen molar-refractivity contribution in [1.29, 1.82) is 0 Å². The Balaban J connectivity index is 1.93. The van der Waals surface area contributed by atoms with E-state index in [-0.39, 0.29) is 11.8 Å². The Labute approximate surface area is 181 Å². The largest absolute Gasteiger partial charge is 0.467 e. The number of hydrogen-bond acceptors (Lipinski definition) is 4. The summed E-state index contributed by atoms with van der Waals surface area (Å²) in [5.41, 5.74) is -0.248. The number of anilines is 1. The molecule has 8 heteroatoms. The number of amides is 3. The van der Waals surface area contributed by atoms with Crippen molar-refractivity contribution in [3.8, 4) is 0 Å². The molecule has 3 rings (SSSR count). The molecule has 0 aliphatic heterocycles. The number of benzene rings is 1. The lowest BCUT2D eigenvalue weighted by molar-refractivity contribution is -0.151. The molecule has 2 aromatic rings. The van der Waals surface area contributed by atoms with Crippen molar-refractivity contribution in [2.45, 2.75) is 64.1 Å². The summed E-state index contributed by atoms with van der Waals surface area (Å²) in [4.78, 5) is 40.7. The zero-order chi connectivity index (χ0) is 22.6. The van der Waals surface area contributed by atoms with Gasteiger partial charge < -0.3 is 20.0 Å². The number of furan rings is 1. The molecule has 1 aromatic carbocycles. The molecule has 166 valence electrons. The Morgan fingerprint density at radius 2 is 1.74 bits per heavy atom. The molecule has 2 N–H and O–H groups in total. The Morgan fingerprint density at radius 1 is 1.10 bits per heavy atom. The Hall–Kier alpha value is -3.16. The molecule has 0 radical (unpaired) electrons. The maximum absolute atomic E-state index is 13.3. The van der Waals surface area contributed by atoms with E-state index in [4.69, 9.17) is 4.42 Å². The van der Waals surface area contributed by atoms with Crippen molar-refractivity contribution >= 4 is 23.4 Å². The van der Waals surface area contributed by atoms with Crippen molar-refractivity contribution < 1.29 is 23.2 Å². The average Bonchev–Trinajstić information content (AvgIpc) is 3.39. The molecule has 1 fully saturated rings. The summed E-state index contributed by atoms with van der Waals surface area (Å²) in [6, 6.07) is 7.04. The molecule has 1 saturated carbocycles. The van der Waals surface area contributed by atoms with Crippen LogP contribution in [0.4, 0.5) is 10.1 Å². The Bertz CT molecular complexity index is 913. The molecule has 0 spiro atoms. The van der Waals surface area contributed by atoms with Gasteiger partial charge in [0.1, 0.15) is 11.6 Å². The number of rotatable bonds is 5. The summed E-state index contributed by atoms with van der Waals surface area (Å²) >= 11 is 0. The van der Waals surface area contributed by atoms with Crippen LogP contribution in [0.2, 0.25) is 0 Å². The highest BCUT2D eigenvalue weighted by Gasteiger charge is 2.42. The van der Waals surface area contributed by atoms with Crippen molar-refractivity contribution in [3.05, 3.63) is 54.2 Å². The lowest BCUT2D eigenvalue weighted by atomic mass is 10.0. The number of nitrogens with one attached hydrogen (secondary N) is 2. The van der Waals surface area contributed by atoms with E-state index >= 15 is 0 Å². The number of carbonyl (C=O) groups is 3. The highest BCUT2D eigenvalue weighted by atomic mass is 19.1. The van der Waals surface area contributed by atoms with Gasteiger partial charge in [-0.05, 0) is 70.0 Å².